The number of rotatable bonds is 7. The third kappa shape index (κ3) is 5.31. The summed E-state index contributed by atoms with van der Waals surface area (Å²) < 4.78 is 10.4. The molecule has 154 valence electrons. The van der Waals surface area contributed by atoms with Gasteiger partial charge in [0, 0.05) is 11.8 Å². The topological polar surface area (TPSA) is 108 Å². The molecule has 29 heavy (non-hydrogen) atoms. The van der Waals surface area contributed by atoms with Crippen molar-refractivity contribution in [3.63, 3.8) is 0 Å². The van der Waals surface area contributed by atoms with E-state index in [1.165, 1.54) is 19.1 Å². The summed E-state index contributed by atoms with van der Waals surface area (Å²) in [7, 11) is 0. The molecule has 0 spiro atoms. The van der Waals surface area contributed by atoms with E-state index in [9.17, 15) is 19.7 Å². The molecule has 0 aliphatic heterocycles. The highest BCUT2D eigenvalue weighted by Gasteiger charge is 2.23. The van der Waals surface area contributed by atoms with Crippen molar-refractivity contribution in [1.29, 1.82) is 0 Å². The molecule has 0 aromatic heterocycles. The molecule has 2 rings (SSSR count). The molecule has 0 saturated carbocycles. The zero-order valence-electron chi connectivity index (χ0n) is 17.1. The lowest BCUT2D eigenvalue weighted by atomic mass is 10.0. The zero-order valence-corrected chi connectivity index (χ0v) is 17.1. The second-order valence-corrected chi connectivity index (χ2v) is 6.68. The van der Waals surface area contributed by atoms with Crippen LogP contribution in [0.4, 0.5) is 11.4 Å². The van der Waals surface area contributed by atoms with Gasteiger partial charge in [0.2, 0.25) is 0 Å². The Hall–Kier alpha value is -3.42. The number of carbonyl (C=O) groups is 2. The number of ether oxygens (including phenoxy) is 2. The van der Waals surface area contributed by atoms with Crippen molar-refractivity contribution < 1.29 is 24.0 Å². The molecular formula is C21H24N2O6. The van der Waals surface area contributed by atoms with E-state index in [2.05, 4.69) is 5.32 Å². The number of esters is 1. The maximum Gasteiger partial charge on any atom is 0.339 e. The first kappa shape index (κ1) is 21.9. The fraction of sp³-hybridized carbons (Fsp3) is 0.333. The van der Waals surface area contributed by atoms with Crippen LogP contribution in [0.1, 0.15) is 40.9 Å². The summed E-state index contributed by atoms with van der Waals surface area (Å²) >= 11 is 0. The van der Waals surface area contributed by atoms with Crippen molar-refractivity contribution in [1.82, 2.24) is 0 Å². The van der Waals surface area contributed by atoms with Gasteiger partial charge < -0.3 is 14.8 Å². The molecule has 1 atom stereocenters. The Balaban J connectivity index is 2.13. The molecule has 8 nitrogen and oxygen atoms in total. The van der Waals surface area contributed by atoms with E-state index in [0.717, 1.165) is 22.8 Å². The largest absolute Gasteiger partial charge is 0.487 e. The molecule has 1 N–H and O–H groups in total. The summed E-state index contributed by atoms with van der Waals surface area (Å²) in [5.74, 6) is -1.27. The molecular weight excluding hydrogens is 376 g/mol. The molecule has 0 aliphatic rings. The number of nitro benzene ring substituents is 1. The molecule has 0 radical (unpaired) electrons. The normalized spacial score (nSPS) is 11.5. The van der Waals surface area contributed by atoms with E-state index in [1.54, 1.807) is 6.92 Å². The maximum atomic E-state index is 12.5. The minimum atomic E-state index is -1.09. The van der Waals surface area contributed by atoms with Gasteiger partial charge in [-0.25, -0.2) is 4.79 Å². The van der Waals surface area contributed by atoms with Gasteiger partial charge in [-0.15, -0.1) is 0 Å². The predicted molar refractivity (Wildman–Crippen MR) is 108 cm³/mol. The average molecular weight is 400 g/mol. The van der Waals surface area contributed by atoms with Gasteiger partial charge in [-0.2, -0.15) is 0 Å². The molecule has 8 heteroatoms. The van der Waals surface area contributed by atoms with E-state index >= 15 is 0 Å². The lowest BCUT2D eigenvalue weighted by Crippen LogP contribution is -2.30. The summed E-state index contributed by atoms with van der Waals surface area (Å²) in [4.78, 5) is 35.4. The average Bonchev–Trinajstić information content (AvgIpc) is 2.64. The monoisotopic (exact) mass is 400 g/mol. The summed E-state index contributed by atoms with van der Waals surface area (Å²) in [5, 5.41) is 14.0. The van der Waals surface area contributed by atoms with E-state index in [1.807, 2.05) is 32.9 Å². The Labute approximate surface area is 169 Å². The highest BCUT2D eigenvalue weighted by molar-refractivity contribution is 5.98. The van der Waals surface area contributed by atoms with Gasteiger partial charge in [0.1, 0.15) is 0 Å². The van der Waals surface area contributed by atoms with Crippen molar-refractivity contribution in [2.75, 3.05) is 11.9 Å². The lowest BCUT2D eigenvalue weighted by Gasteiger charge is -2.17. The van der Waals surface area contributed by atoms with Crippen molar-refractivity contribution in [3.8, 4) is 5.75 Å². The summed E-state index contributed by atoms with van der Waals surface area (Å²) in [6.07, 6.45) is -1.09. The maximum absolute atomic E-state index is 12.5. The van der Waals surface area contributed by atoms with Crippen LogP contribution in [0.3, 0.4) is 0 Å². The van der Waals surface area contributed by atoms with Crippen LogP contribution in [-0.2, 0) is 9.53 Å². The predicted octanol–water partition coefficient (Wildman–Crippen LogP) is 4.10. The van der Waals surface area contributed by atoms with Gasteiger partial charge in [-0.3, -0.25) is 14.9 Å². The molecule has 0 unspecified atom stereocenters. The molecule has 2 aromatic rings. The van der Waals surface area contributed by atoms with Crippen LogP contribution in [0.5, 0.6) is 5.75 Å². The SMILES string of the molecule is CCOc1ccc(C(=O)O[C@H](C)C(=O)Nc2c(C)cc(C)cc2C)cc1[N+](=O)[O-]. The Kier molecular flexibility index (Phi) is 6.93. The van der Waals surface area contributed by atoms with Gasteiger partial charge in [-0.1, -0.05) is 17.7 Å². The number of benzene rings is 2. The smallest absolute Gasteiger partial charge is 0.339 e. The van der Waals surface area contributed by atoms with Crippen LogP contribution in [0.25, 0.3) is 0 Å². The molecule has 1 amide bonds. The Bertz CT molecular complexity index is 931. The quantitative estimate of drug-likeness (QED) is 0.426. The summed E-state index contributed by atoms with van der Waals surface area (Å²) in [6.45, 7) is 9.11. The number of nitrogens with one attached hydrogen (secondary N) is 1. The van der Waals surface area contributed by atoms with E-state index < -0.39 is 22.9 Å². The van der Waals surface area contributed by atoms with E-state index in [4.69, 9.17) is 9.47 Å². The Morgan fingerprint density at radius 1 is 1.14 bits per heavy atom. The highest BCUT2D eigenvalue weighted by Crippen LogP contribution is 2.28. The van der Waals surface area contributed by atoms with E-state index in [0.29, 0.717) is 5.69 Å². The van der Waals surface area contributed by atoms with Crippen LogP contribution < -0.4 is 10.1 Å². The van der Waals surface area contributed by atoms with Crippen molar-refractivity contribution in [2.45, 2.75) is 40.7 Å². The number of nitro groups is 1. The molecule has 0 bridgehead atoms. The van der Waals surface area contributed by atoms with E-state index in [-0.39, 0.29) is 23.6 Å². The van der Waals surface area contributed by atoms with Gasteiger partial charge in [0.25, 0.3) is 5.91 Å². The fourth-order valence-corrected chi connectivity index (χ4v) is 2.95. The number of hydrogen-bond acceptors (Lipinski definition) is 6. The standard InChI is InChI=1S/C21H24N2O6/c1-6-28-18-8-7-16(11-17(18)23(26)27)21(25)29-15(5)20(24)22-19-13(3)9-12(2)10-14(19)4/h7-11,15H,6H2,1-5H3,(H,22,24)/t15-/m1/s1. The van der Waals surface area contributed by atoms with Crippen molar-refractivity contribution in [2.24, 2.45) is 0 Å². The van der Waals surface area contributed by atoms with Gasteiger partial charge in [0.15, 0.2) is 11.9 Å². The lowest BCUT2D eigenvalue weighted by molar-refractivity contribution is -0.385. The van der Waals surface area contributed by atoms with Gasteiger partial charge >= 0.3 is 11.7 Å². The first-order chi connectivity index (χ1) is 13.6. The first-order valence-electron chi connectivity index (χ1n) is 9.15. The van der Waals surface area contributed by atoms with Gasteiger partial charge in [0.05, 0.1) is 17.1 Å². The third-order valence-electron chi connectivity index (χ3n) is 4.27. The number of nitrogens with zero attached hydrogens (tertiary/aromatic N) is 1. The second kappa shape index (κ2) is 9.18. The second-order valence-electron chi connectivity index (χ2n) is 6.68. The molecule has 0 heterocycles. The number of hydrogen-bond donors (Lipinski definition) is 1. The third-order valence-corrected chi connectivity index (χ3v) is 4.27. The first-order valence-corrected chi connectivity index (χ1v) is 9.15. The minimum Gasteiger partial charge on any atom is -0.487 e. The van der Waals surface area contributed by atoms with Crippen LogP contribution in [-0.4, -0.2) is 29.5 Å². The summed E-state index contributed by atoms with van der Waals surface area (Å²) in [5.41, 5.74) is 3.16. The highest BCUT2D eigenvalue weighted by atomic mass is 16.6. The molecule has 0 saturated heterocycles. The molecule has 0 fully saturated rings. The van der Waals surface area contributed by atoms with Crippen LogP contribution in [0.2, 0.25) is 0 Å². The Morgan fingerprint density at radius 3 is 2.31 bits per heavy atom. The Morgan fingerprint density at radius 2 is 1.76 bits per heavy atom. The van der Waals surface area contributed by atoms with Crippen LogP contribution >= 0.6 is 0 Å². The van der Waals surface area contributed by atoms with Crippen LogP contribution in [0.15, 0.2) is 30.3 Å². The number of amides is 1. The number of carbonyl (C=O) groups excluding carboxylic acids is 2. The van der Waals surface area contributed by atoms with Crippen LogP contribution in [0, 0.1) is 30.9 Å². The number of aryl methyl sites for hydroxylation is 3. The van der Waals surface area contributed by atoms with Crippen molar-refractivity contribution in [3.05, 3.63) is 62.7 Å². The fourth-order valence-electron chi connectivity index (χ4n) is 2.95. The molecule has 2 aromatic carbocycles. The minimum absolute atomic E-state index is 0.0394. The zero-order chi connectivity index (χ0) is 21.7. The number of anilines is 1. The molecule has 0 aliphatic carbocycles. The van der Waals surface area contributed by atoms with Gasteiger partial charge in [-0.05, 0) is 57.9 Å². The van der Waals surface area contributed by atoms with Crippen molar-refractivity contribution >= 4 is 23.3 Å². The summed E-state index contributed by atoms with van der Waals surface area (Å²) in [6, 6.07) is 7.66.